The molecule has 2 atom stereocenters. The average Bonchev–Trinajstić information content (AvgIpc) is 3.40. The van der Waals surface area contributed by atoms with Crippen LogP contribution in [0.4, 0.5) is 10.5 Å². The van der Waals surface area contributed by atoms with Gasteiger partial charge < -0.3 is 24.6 Å². The number of non-ortho nitro benzene ring substituents is 1. The van der Waals surface area contributed by atoms with E-state index in [0.29, 0.717) is 32.5 Å². The number of rotatable bonds is 12. The molecule has 1 heterocycles. The fraction of sp³-hybridized carbons (Fsp3) is 0.480. The Kier molecular flexibility index (Phi) is 13.7. The highest BCUT2D eigenvalue weighted by Crippen LogP contribution is 2.22. The van der Waals surface area contributed by atoms with Crippen LogP contribution in [0.15, 0.2) is 59.5 Å². The molecule has 0 spiro atoms. The fourth-order valence-electron chi connectivity index (χ4n) is 3.99. The van der Waals surface area contributed by atoms with Gasteiger partial charge in [-0.25, -0.2) is 13.2 Å². The van der Waals surface area contributed by atoms with Gasteiger partial charge in [-0.3, -0.25) is 10.1 Å². The Morgan fingerprint density at radius 1 is 1.21 bits per heavy atom. The molecule has 1 aliphatic heterocycles. The first-order valence-corrected chi connectivity index (χ1v) is 14.8. The highest BCUT2D eigenvalue weighted by Gasteiger charge is 2.28. The van der Waals surface area contributed by atoms with Crippen molar-refractivity contribution < 1.29 is 37.4 Å². The number of amides is 1. The van der Waals surface area contributed by atoms with Gasteiger partial charge in [0.1, 0.15) is 15.1 Å². The molecule has 2 aromatic rings. The molecule has 3 rings (SSSR count). The summed E-state index contributed by atoms with van der Waals surface area (Å²) in [5.41, 5.74) is 0.822. The number of alkyl carbamates (subject to hydrolysis) is 1. The lowest BCUT2D eigenvalue weighted by molar-refractivity contribution is -0.384. The van der Waals surface area contributed by atoms with Crippen molar-refractivity contribution in [3.05, 3.63) is 70.3 Å². The number of nitro groups is 1. The number of nitrogens with one attached hydrogen (secondary N) is 1. The van der Waals surface area contributed by atoms with Gasteiger partial charge in [0.25, 0.3) is 5.69 Å². The second-order valence-corrected chi connectivity index (χ2v) is 11.5. The van der Waals surface area contributed by atoms with E-state index >= 15 is 0 Å². The Balaban J connectivity index is 0.00000170. The molecule has 0 aromatic heterocycles. The van der Waals surface area contributed by atoms with E-state index in [1.54, 1.807) is 0 Å². The lowest BCUT2D eigenvalue weighted by atomic mass is 10.0. The number of benzene rings is 2. The van der Waals surface area contributed by atoms with Crippen molar-refractivity contribution in [2.75, 3.05) is 26.3 Å². The van der Waals surface area contributed by atoms with Crippen LogP contribution < -0.4 is 5.32 Å². The SMILES string of the molecule is CC(C)CN(CC[C@H](Cc1ccccc1)NC(=O)OC1CCOC1)S(=O)(=O)c1ccc([N+](=O)[O-])cc1.OPO. The number of sulfonamides is 1. The van der Waals surface area contributed by atoms with Gasteiger partial charge in [0.15, 0.2) is 0 Å². The third-order valence-electron chi connectivity index (χ3n) is 5.79. The summed E-state index contributed by atoms with van der Waals surface area (Å²) in [6.45, 7) is 5.17. The summed E-state index contributed by atoms with van der Waals surface area (Å²) in [7, 11) is -4.82. The second kappa shape index (κ2) is 16.4. The molecule has 0 bridgehead atoms. The van der Waals surface area contributed by atoms with Crippen molar-refractivity contribution in [3.63, 3.8) is 0 Å². The minimum Gasteiger partial charge on any atom is -0.444 e. The van der Waals surface area contributed by atoms with Gasteiger partial charge >= 0.3 is 6.09 Å². The van der Waals surface area contributed by atoms with Crippen LogP contribution in [0, 0.1) is 16.0 Å². The van der Waals surface area contributed by atoms with Crippen LogP contribution in [-0.4, -0.2) is 72.0 Å². The number of hydrogen-bond acceptors (Lipinski definition) is 9. The van der Waals surface area contributed by atoms with Gasteiger partial charge in [-0.2, -0.15) is 4.31 Å². The zero-order valence-electron chi connectivity index (χ0n) is 21.9. The summed E-state index contributed by atoms with van der Waals surface area (Å²) in [5, 5.41) is 13.9. The molecule has 0 aliphatic carbocycles. The lowest BCUT2D eigenvalue weighted by Crippen LogP contribution is -2.42. The van der Waals surface area contributed by atoms with Crippen LogP contribution >= 0.6 is 9.03 Å². The largest absolute Gasteiger partial charge is 0.444 e. The van der Waals surface area contributed by atoms with E-state index in [9.17, 15) is 23.3 Å². The molecule has 0 radical (unpaired) electrons. The molecule has 14 heteroatoms. The Bertz CT molecular complexity index is 1130. The van der Waals surface area contributed by atoms with Crippen molar-refractivity contribution in [2.45, 2.75) is 50.2 Å². The zero-order chi connectivity index (χ0) is 28.8. The van der Waals surface area contributed by atoms with Crippen molar-refractivity contribution in [3.8, 4) is 0 Å². The molecule has 1 fully saturated rings. The van der Waals surface area contributed by atoms with E-state index in [4.69, 9.17) is 19.3 Å². The highest BCUT2D eigenvalue weighted by atomic mass is 32.2. The maximum absolute atomic E-state index is 13.4. The van der Waals surface area contributed by atoms with Crippen LogP contribution in [0.2, 0.25) is 0 Å². The van der Waals surface area contributed by atoms with Gasteiger partial charge in [0, 0.05) is 37.7 Å². The number of hydrogen-bond donors (Lipinski definition) is 3. The lowest BCUT2D eigenvalue weighted by Gasteiger charge is -2.27. The van der Waals surface area contributed by atoms with Crippen LogP contribution in [0.3, 0.4) is 0 Å². The first-order chi connectivity index (χ1) is 18.6. The molecular formula is C25H36N3O9PS. The second-order valence-electron chi connectivity index (χ2n) is 9.32. The van der Waals surface area contributed by atoms with E-state index in [1.807, 2.05) is 44.2 Å². The molecule has 1 aliphatic rings. The van der Waals surface area contributed by atoms with Gasteiger partial charge in [0.2, 0.25) is 10.0 Å². The first-order valence-electron chi connectivity index (χ1n) is 12.4. The Labute approximate surface area is 230 Å². The number of nitro benzene ring substituents is 1. The predicted molar refractivity (Wildman–Crippen MR) is 147 cm³/mol. The van der Waals surface area contributed by atoms with E-state index in [0.717, 1.165) is 5.56 Å². The molecule has 2 aromatic carbocycles. The molecular weight excluding hydrogens is 549 g/mol. The van der Waals surface area contributed by atoms with Crippen molar-refractivity contribution in [1.82, 2.24) is 9.62 Å². The Morgan fingerprint density at radius 3 is 2.38 bits per heavy atom. The zero-order valence-corrected chi connectivity index (χ0v) is 23.7. The van der Waals surface area contributed by atoms with Gasteiger partial charge in [-0.15, -0.1) is 0 Å². The molecule has 1 unspecified atom stereocenters. The number of ether oxygens (including phenoxy) is 2. The third-order valence-corrected chi connectivity index (χ3v) is 7.67. The molecule has 216 valence electrons. The van der Waals surface area contributed by atoms with Crippen LogP contribution in [-0.2, 0) is 25.9 Å². The predicted octanol–water partition coefficient (Wildman–Crippen LogP) is 3.24. The Morgan fingerprint density at radius 2 is 1.85 bits per heavy atom. The monoisotopic (exact) mass is 585 g/mol. The summed E-state index contributed by atoms with van der Waals surface area (Å²) in [5.74, 6) is 0.0469. The van der Waals surface area contributed by atoms with Crippen molar-refractivity contribution in [2.24, 2.45) is 5.92 Å². The number of nitrogens with zero attached hydrogens (tertiary/aromatic N) is 2. The number of carbonyl (C=O) groups excluding carboxylic acids is 1. The van der Waals surface area contributed by atoms with E-state index in [1.165, 1.54) is 28.6 Å². The molecule has 3 N–H and O–H groups in total. The Hall–Kier alpha value is -2.67. The van der Waals surface area contributed by atoms with Gasteiger partial charge in [-0.1, -0.05) is 44.2 Å². The van der Waals surface area contributed by atoms with E-state index in [-0.39, 0.29) is 41.7 Å². The molecule has 0 saturated carbocycles. The smallest absolute Gasteiger partial charge is 0.407 e. The number of carbonyl (C=O) groups is 1. The standard InChI is InChI=1S/C25H33N3O7S.H3O2P/c1-19(2)17-27(36(32,33)24-10-8-22(9-11-24)28(30)31)14-12-21(16-20-6-4-3-5-7-20)26-25(29)35-23-13-15-34-18-23;1-3-2/h3-11,19,21,23H,12-18H2,1-2H3,(H,26,29);1-3H/t21-,23?;/m1./s1. The summed E-state index contributed by atoms with van der Waals surface area (Å²) >= 11 is 0. The van der Waals surface area contributed by atoms with Crippen LogP contribution in [0.1, 0.15) is 32.3 Å². The van der Waals surface area contributed by atoms with E-state index in [2.05, 4.69) is 5.32 Å². The quantitative estimate of drug-likeness (QED) is 0.192. The van der Waals surface area contributed by atoms with Crippen LogP contribution in [0.5, 0.6) is 0 Å². The first kappa shape index (κ1) is 32.5. The van der Waals surface area contributed by atoms with Gasteiger partial charge in [0.05, 0.1) is 23.0 Å². The van der Waals surface area contributed by atoms with Gasteiger partial charge in [-0.05, 0) is 36.5 Å². The highest BCUT2D eigenvalue weighted by molar-refractivity contribution is 7.89. The summed E-state index contributed by atoms with van der Waals surface area (Å²) in [4.78, 5) is 37.2. The van der Waals surface area contributed by atoms with Crippen LogP contribution in [0.25, 0.3) is 0 Å². The third kappa shape index (κ3) is 11.1. The van der Waals surface area contributed by atoms with Crippen molar-refractivity contribution >= 4 is 30.8 Å². The van der Waals surface area contributed by atoms with E-state index < -0.39 is 30.1 Å². The maximum Gasteiger partial charge on any atom is 0.407 e. The topological polar surface area (TPSA) is 169 Å². The molecule has 1 amide bonds. The van der Waals surface area contributed by atoms with Crippen molar-refractivity contribution in [1.29, 1.82) is 0 Å². The molecule has 39 heavy (non-hydrogen) atoms. The summed E-state index contributed by atoms with van der Waals surface area (Å²) in [6, 6.07) is 14.1. The minimum atomic E-state index is -3.90. The summed E-state index contributed by atoms with van der Waals surface area (Å²) in [6.07, 6.45) is 0.656. The minimum absolute atomic E-state index is 0.0121. The molecule has 1 saturated heterocycles. The molecule has 12 nitrogen and oxygen atoms in total. The average molecular weight is 586 g/mol. The summed E-state index contributed by atoms with van der Waals surface area (Å²) < 4.78 is 38.9. The fourth-order valence-corrected chi connectivity index (χ4v) is 5.61. The maximum atomic E-state index is 13.4. The normalized spacial score (nSPS) is 15.9.